The number of hydrogen-bond acceptors (Lipinski definition) is 2. The van der Waals surface area contributed by atoms with Crippen LogP contribution in [0, 0.1) is 0 Å². The number of hydrogen-bond donors (Lipinski definition) is 2. The van der Waals surface area contributed by atoms with Crippen molar-refractivity contribution in [2.45, 2.75) is 13.0 Å². The normalized spacial score (nSPS) is 13.6. The van der Waals surface area contributed by atoms with Gasteiger partial charge in [0, 0.05) is 41.7 Å². The quantitative estimate of drug-likeness (QED) is 0.695. The Morgan fingerprint density at radius 3 is 2.83 bits per heavy atom. The first kappa shape index (κ1) is 15.0. The van der Waals surface area contributed by atoms with Crippen molar-refractivity contribution in [2.75, 3.05) is 19.0 Å². The summed E-state index contributed by atoms with van der Waals surface area (Å²) in [6.07, 6.45) is 0.970. The van der Waals surface area contributed by atoms with Crippen LogP contribution < -0.4 is 10.1 Å². The predicted molar refractivity (Wildman–Crippen MR) is 102 cm³/mol. The van der Waals surface area contributed by atoms with Crippen molar-refractivity contribution in [3.05, 3.63) is 59.8 Å². The molecule has 0 bridgehead atoms. The molecule has 0 saturated carbocycles. The lowest BCUT2D eigenvalue weighted by Crippen LogP contribution is -2.38. The molecule has 0 fully saturated rings. The minimum Gasteiger partial charge on any atom is -0.495 e. The molecule has 2 heterocycles. The topological polar surface area (TPSA) is 40.3 Å². The molecular weight excluding hydrogens is 318 g/mol. The number of thiocarbonyl (C=S) groups is 1. The first-order chi connectivity index (χ1) is 11.8. The van der Waals surface area contributed by atoms with Crippen LogP contribution >= 0.6 is 12.2 Å². The summed E-state index contributed by atoms with van der Waals surface area (Å²) in [7, 11) is 1.67. The van der Waals surface area contributed by atoms with Crippen molar-refractivity contribution in [1.82, 2.24) is 9.88 Å². The number of aromatic amines is 1. The maximum Gasteiger partial charge on any atom is 0.173 e. The highest BCUT2D eigenvalue weighted by molar-refractivity contribution is 7.80. The van der Waals surface area contributed by atoms with Crippen molar-refractivity contribution in [3.63, 3.8) is 0 Å². The summed E-state index contributed by atoms with van der Waals surface area (Å²) >= 11 is 5.64. The highest BCUT2D eigenvalue weighted by Crippen LogP contribution is 2.29. The van der Waals surface area contributed by atoms with Gasteiger partial charge in [-0.15, -0.1) is 0 Å². The fourth-order valence-corrected chi connectivity index (χ4v) is 3.55. The minimum atomic E-state index is 0.732. The zero-order chi connectivity index (χ0) is 16.5. The van der Waals surface area contributed by atoms with E-state index < -0.39 is 0 Å². The highest BCUT2D eigenvalue weighted by Gasteiger charge is 2.22. The van der Waals surface area contributed by atoms with E-state index >= 15 is 0 Å². The maximum absolute atomic E-state index is 5.64. The Balaban J connectivity index is 1.57. The molecule has 0 aliphatic carbocycles. The summed E-state index contributed by atoms with van der Waals surface area (Å²) in [5.74, 6) is 0.796. The van der Waals surface area contributed by atoms with Crippen LogP contribution in [0.25, 0.3) is 10.9 Å². The van der Waals surface area contributed by atoms with E-state index in [4.69, 9.17) is 17.0 Å². The number of para-hydroxylation sites is 3. The molecule has 2 aromatic carbocycles. The number of rotatable bonds is 2. The zero-order valence-corrected chi connectivity index (χ0v) is 14.3. The molecular formula is C19H19N3OS. The molecule has 0 unspecified atom stereocenters. The molecule has 1 aromatic heterocycles. The maximum atomic E-state index is 5.64. The Kier molecular flexibility index (Phi) is 3.86. The molecule has 4 rings (SSSR count). The molecule has 0 spiro atoms. The standard InChI is InChI=1S/C19H19N3OS/c1-23-18-9-5-4-8-17(18)21-19(24)22-11-10-16-14(12-22)13-6-2-3-7-15(13)20-16/h2-9,20H,10-12H2,1H3,(H,21,24). The molecule has 3 aromatic rings. The van der Waals surface area contributed by atoms with Crippen LogP contribution in [0.5, 0.6) is 5.75 Å². The summed E-state index contributed by atoms with van der Waals surface area (Å²) in [5.41, 5.74) is 4.77. The number of methoxy groups -OCH3 is 1. The minimum absolute atomic E-state index is 0.732. The molecule has 0 amide bonds. The van der Waals surface area contributed by atoms with Crippen molar-refractivity contribution >= 4 is 33.9 Å². The lowest BCUT2D eigenvalue weighted by molar-refractivity contribution is 0.398. The van der Waals surface area contributed by atoms with E-state index in [1.165, 1.54) is 22.2 Å². The number of fused-ring (bicyclic) bond motifs is 3. The fourth-order valence-electron chi connectivity index (χ4n) is 3.28. The summed E-state index contributed by atoms with van der Waals surface area (Å²) in [4.78, 5) is 5.75. The third-order valence-electron chi connectivity index (χ3n) is 4.52. The second kappa shape index (κ2) is 6.17. The number of anilines is 1. The van der Waals surface area contributed by atoms with Gasteiger partial charge in [-0.1, -0.05) is 30.3 Å². The SMILES string of the molecule is COc1ccccc1NC(=S)N1CCc2[nH]c3ccccc3c2C1. The Labute approximate surface area is 146 Å². The highest BCUT2D eigenvalue weighted by atomic mass is 32.1. The van der Waals surface area contributed by atoms with Crippen molar-refractivity contribution in [1.29, 1.82) is 0 Å². The summed E-state index contributed by atoms with van der Waals surface area (Å²) < 4.78 is 5.39. The summed E-state index contributed by atoms with van der Waals surface area (Å²) in [5, 5.41) is 5.35. The Bertz CT molecular complexity index is 903. The van der Waals surface area contributed by atoms with Gasteiger partial charge in [-0.05, 0) is 30.4 Å². The molecule has 0 atom stereocenters. The molecule has 0 radical (unpaired) electrons. The van der Waals surface area contributed by atoms with Crippen LogP contribution in [0.2, 0.25) is 0 Å². The third kappa shape index (κ3) is 2.61. The van der Waals surface area contributed by atoms with Crippen molar-refractivity contribution in [2.24, 2.45) is 0 Å². The van der Waals surface area contributed by atoms with E-state index in [9.17, 15) is 0 Å². The molecule has 24 heavy (non-hydrogen) atoms. The predicted octanol–water partition coefficient (Wildman–Crippen LogP) is 3.93. The Morgan fingerprint density at radius 1 is 1.17 bits per heavy atom. The van der Waals surface area contributed by atoms with Crippen molar-refractivity contribution in [3.8, 4) is 5.75 Å². The fraction of sp³-hybridized carbons (Fsp3) is 0.211. The van der Waals surface area contributed by atoms with E-state index in [0.717, 1.165) is 36.1 Å². The van der Waals surface area contributed by atoms with Gasteiger partial charge in [0.2, 0.25) is 0 Å². The average molecular weight is 337 g/mol. The number of nitrogens with zero attached hydrogens (tertiary/aromatic N) is 1. The first-order valence-corrected chi connectivity index (χ1v) is 8.44. The molecule has 4 nitrogen and oxygen atoms in total. The Morgan fingerprint density at radius 2 is 1.96 bits per heavy atom. The second-order valence-electron chi connectivity index (χ2n) is 5.93. The summed E-state index contributed by atoms with van der Waals surface area (Å²) in [6, 6.07) is 16.3. The van der Waals surface area contributed by atoms with Gasteiger partial charge in [-0.2, -0.15) is 0 Å². The van der Waals surface area contributed by atoms with Gasteiger partial charge in [0.1, 0.15) is 5.75 Å². The number of nitrogens with one attached hydrogen (secondary N) is 2. The number of ether oxygens (including phenoxy) is 1. The van der Waals surface area contributed by atoms with Gasteiger partial charge < -0.3 is 19.9 Å². The summed E-state index contributed by atoms with van der Waals surface area (Å²) in [6.45, 7) is 1.72. The van der Waals surface area contributed by atoms with E-state index in [-0.39, 0.29) is 0 Å². The van der Waals surface area contributed by atoms with Crippen LogP contribution in [-0.4, -0.2) is 28.7 Å². The van der Waals surface area contributed by atoms with Gasteiger partial charge in [-0.3, -0.25) is 0 Å². The second-order valence-corrected chi connectivity index (χ2v) is 6.32. The first-order valence-electron chi connectivity index (χ1n) is 8.03. The molecule has 122 valence electrons. The van der Waals surface area contributed by atoms with E-state index in [1.807, 2.05) is 24.3 Å². The van der Waals surface area contributed by atoms with E-state index in [0.29, 0.717) is 0 Å². The van der Waals surface area contributed by atoms with Gasteiger partial charge in [0.05, 0.1) is 12.8 Å². The van der Waals surface area contributed by atoms with Gasteiger partial charge in [0.25, 0.3) is 0 Å². The van der Waals surface area contributed by atoms with Crippen molar-refractivity contribution < 1.29 is 4.74 Å². The largest absolute Gasteiger partial charge is 0.495 e. The molecule has 1 aliphatic heterocycles. The number of H-pyrrole nitrogens is 1. The van der Waals surface area contributed by atoms with E-state index in [1.54, 1.807) is 7.11 Å². The van der Waals surface area contributed by atoms with E-state index in [2.05, 4.69) is 39.5 Å². The van der Waals surface area contributed by atoms with Crippen LogP contribution in [0.15, 0.2) is 48.5 Å². The number of aromatic nitrogens is 1. The smallest absolute Gasteiger partial charge is 0.173 e. The third-order valence-corrected chi connectivity index (χ3v) is 4.88. The van der Waals surface area contributed by atoms with Crippen LogP contribution in [-0.2, 0) is 13.0 Å². The van der Waals surface area contributed by atoms with Gasteiger partial charge >= 0.3 is 0 Å². The lowest BCUT2D eigenvalue weighted by atomic mass is 10.1. The van der Waals surface area contributed by atoms with Gasteiger partial charge in [0.15, 0.2) is 5.11 Å². The van der Waals surface area contributed by atoms with Crippen LogP contribution in [0.4, 0.5) is 5.69 Å². The average Bonchev–Trinajstić information content (AvgIpc) is 3.00. The monoisotopic (exact) mass is 337 g/mol. The molecule has 0 saturated heterocycles. The van der Waals surface area contributed by atoms with Crippen LogP contribution in [0.3, 0.4) is 0 Å². The van der Waals surface area contributed by atoms with Gasteiger partial charge in [-0.25, -0.2) is 0 Å². The van der Waals surface area contributed by atoms with Crippen LogP contribution in [0.1, 0.15) is 11.3 Å². The molecule has 5 heteroatoms. The molecule has 2 N–H and O–H groups in total. The number of benzene rings is 2. The lowest BCUT2D eigenvalue weighted by Gasteiger charge is -2.30. The molecule has 1 aliphatic rings. The zero-order valence-electron chi connectivity index (χ0n) is 13.5. The Hall–Kier alpha value is -2.53.